The van der Waals surface area contributed by atoms with E-state index in [9.17, 15) is 0 Å². The van der Waals surface area contributed by atoms with Crippen LogP contribution in [0.5, 0.6) is 5.75 Å². The van der Waals surface area contributed by atoms with Gasteiger partial charge in [-0.2, -0.15) is 0 Å². The van der Waals surface area contributed by atoms with E-state index in [-0.39, 0.29) is 10.8 Å². The van der Waals surface area contributed by atoms with Crippen LogP contribution >= 0.6 is 23.2 Å². The van der Waals surface area contributed by atoms with Crippen molar-refractivity contribution in [3.8, 4) is 5.75 Å². The average molecular weight is 414 g/mol. The van der Waals surface area contributed by atoms with Gasteiger partial charge in [0.2, 0.25) is 0 Å². The van der Waals surface area contributed by atoms with Crippen LogP contribution < -0.4 is 4.74 Å². The monoisotopic (exact) mass is 413 g/mol. The fourth-order valence-corrected chi connectivity index (χ4v) is 5.36. The first kappa shape index (κ1) is 22.8. The lowest BCUT2D eigenvalue weighted by molar-refractivity contribution is 0.120. The lowest BCUT2D eigenvalue weighted by Crippen LogP contribution is -2.40. The van der Waals surface area contributed by atoms with Crippen molar-refractivity contribution in [1.29, 1.82) is 0 Å². The number of halogens is 2. The summed E-state index contributed by atoms with van der Waals surface area (Å²) in [7, 11) is 0. The Bertz CT molecular complexity index is 603. The molecule has 0 aromatic heterocycles. The summed E-state index contributed by atoms with van der Waals surface area (Å²) >= 11 is 13.1. The first-order valence-corrected chi connectivity index (χ1v) is 11.0. The minimum Gasteiger partial charge on any atom is -0.489 e. The first-order chi connectivity index (χ1) is 12.4. The van der Waals surface area contributed by atoms with Crippen molar-refractivity contribution in [2.45, 2.75) is 66.7 Å². The highest BCUT2D eigenvalue weighted by atomic mass is 35.5. The van der Waals surface area contributed by atoms with E-state index in [1.54, 1.807) is 0 Å². The highest BCUT2D eigenvalue weighted by Gasteiger charge is 2.29. The van der Waals surface area contributed by atoms with Gasteiger partial charge in [-0.3, -0.25) is 4.90 Å². The Labute approximate surface area is 176 Å². The SMILES string of the molecule is CC1CC(C)CN(CCOc2c(Cl)cc(C(C)(C)CC(C)(C)C)cc2Cl)C1. The van der Waals surface area contributed by atoms with E-state index in [0.717, 1.165) is 37.9 Å². The quantitative estimate of drug-likeness (QED) is 0.494. The second-order valence-corrected chi connectivity index (χ2v) is 11.3. The number of benzene rings is 1. The molecule has 4 heteroatoms. The number of hydrogen-bond acceptors (Lipinski definition) is 2. The predicted molar refractivity (Wildman–Crippen MR) is 118 cm³/mol. The molecule has 1 aromatic rings. The number of ether oxygens (including phenoxy) is 1. The lowest BCUT2D eigenvalue weighted by atomic mass is 9.72. The maximum absolute atomic E-state index is 6.56. The van der Waals surface area contributed by atoms with Crippen molar-refractivity contribution in [2.75, 3.05) is 26.2 Å². The predicted octanol–water partition coefficient (Wildman–Crippen LogP) is 7.06. The molecule has 2 rings (SSSR count). The second kappa shape index (κ2) is 8.93. The van der Waals surface area contributed by atoms with Crippen LogP contribution in [0.3, 0.4) is 0 Å². The van der Waals surface area contributed by atoms with Crippen molar-refractivity contribution in [3.63, 3.8) is 0 Å². The molecule has 1 saturated heterocycles. The van der Waals surface area contributed by atoms with Gasteiger partial charge in [0, 0.05) is 19.6 Å². The van der Waals surface area contributed by atoms with Crippen LogP contribution in [0, 0.1) is 17.3 Å². The minimum atomic E-state index is 0.00411. The molecule has 0 N–H and O–H groups in total. The van der Waals surface area contributed by atoms with E-state index in [2.05, 4.69) is 53.4 Å². The Morgan fingerprint density at radius 2 is 1.52 bits per heavy atom. The average Bonchev–Trinajstić information content (AvgIpc) is 2.46. The summed E-state index contributed by atoms with van der Waals surface area (Å²) in [6.45, 7) is 19.8. The Morgan fingerprint density at radius 3 is 2.00 bits per heavy atom. The fourth-order valence-electron chi connectivity index (χ4n) is 4.77. The van der Waals surface area contributed by atoms with Gasteiger partial charge in [0.15, 0.2) is 5.75 Å². The van der Waals surface area contributed by atoms with Crippen molar-refractivity contribution in [3.05, 3.63) is 27.7 Å². The molecule has 1 heterocycles. The summed E-state index contributed by atoms with van der Waals surface area (Å²) < 4.78 is 6.00. The Balaban J connectivity index is 2.02. The summed E-state index contributed by atoms with van der Waals surface area (Å²) in [4.78, 5) is 2.49. The van der Waals surface area contributed by atoms with E-state index < -0.39 is 0 Å². The zero-order chi connectivity index (χ0) is 20.4. The Kier molecular flexibility index (Phi) is 7.55. The minimum absolute atomic E-state index is 0.00411. The van der Waals surface area contributed by atoms with Crippen LogP contribution in [-0.4, -0.2) is 31.1 Å². The van der Waals surface area contributed by atoms with Gasteiger partial charge in [0.05, 0.1) is 10.0 Å². The molecule has 0 aliphatic carbocycles. The highest BCUT2D eigenvalue weighted by molar-refractivity contribution is 6.37. The summed E-state index contributed by atoms with van der Waals surface area (Å²) in [5, 5.41) is 1.22. The highest BCUT2D eigenvalue weighted by Crippen LogP contribution is 2.42. The van der Waals surface area contributed by atoms with Crippen LogP contribution in [0.15, 0.2) is 12.1 Å². The standard InChI is InChI=1S/C23H37Cl2NO/c1-16-10-17(2)14-26(13-16)8-9-27-21-19(24)11-18(12-20(21)25)23(6,7)15-22(3,4)5/h11-12,16-17H,8-10,13-15H2,1-7H3. The molecule has 0 amide bonds. The fraction of sp³-hybridized carbons (Fsp3) is 0.739. The molecule has 27 heavy (non-hydrogen) atoms. The number of hydrogen-bond donors (Lipinski definition) is 0. The van der Waals surface area contributed by atoms with Gasteiger partial charge in [0.25, 0.3) is 0 Å². The Hall–Kier alpha value is -0.440. The van der Waals surface area contributed by atoms with Gasteiger partial charge < -0.3 is 4.74 Å². The largest absolute Gasteiger partial charge is 0.489 e. The number of nitrogens with zero attached hydrogens (tertiary/aromatic N) is 1. The van der Waals surface area contributed by atoms with Crippen molar-refractivity contribution in [2.24, 2.45) is 17.3 Å². The van der Waals surface area contributed by atoms with Gasteiger partial charge in [-0.15, -0.1) is 0 Å². The van der Waals surface area contributed by atoms with Crippen molar-refractivity contribution < 1.29 is 4.74 Å². The molecule has 0 radical (unpaired) electrons. The zero-order valence-corrected chi connectivity index (χ0v) is 19.7. The zero-order valence-electron chi connectivity index (χ0n) is 18.2. The summed E-state index contributed by atoms with van der Waals surface area (Å²) in [6, 6.07) is 4.05. The Morgan fingerprint density at radius 1 is 1.00 bits per heavy atom. The summed E-state index contributed by atoms with van der Waals surface area (Å²) in [6.07, 6.45) is 2.37. The van der Waals surface area contributed by atoms with E-state index in [1.807, 2.05) is 12.1 Å². The van der Waals surface area contributed by atoms with E-state index in [0.29, 0.717) is 22.4 Å². The molecule has 2 nitrogen and oxygen atoms in total. The van der Waals surface area contributed by atoms with Crippen LogP contribution in [0.1, 0.15) is 66.9 Å². The normalized spacial score (nSPS) is 22.1. The molecule has 0 bridgehead atoms. The molecule has 1 aliphatic heterocycles. The molecule has 1 aromatic carbocycles. The third-order valence-corrected chi connectivity index (χ3v) is 5.91. The number of rotatable bonds is 6. The maximum Gasteiger partial charge on any atom is 0.156 e. The van der Waals surface area contributed by atoms with Gasteiger partial charge in [-0.1, -0.05) is 71.7 Å². The second-order valence-electron chi connectivity index (χ2n) is 10.4. The van der Waals surface area contributed by atoms with Crippen molar-refractivity contribution >= 4 is 23.2 Å². The molecule has 2 atom stereocenters. The van der Waals surface area contributed by atoms with Gasteiger partial charge in [-0.05, 0) is 53.2 Å². The first-order valence-electron chi connectivity index (χ1n) is 10.2. The summed E-state index contributed by atoms with van der Waals surface area (Å²) in [5.41, 5.74) is 1.41. The topological polar surface area (TPSA) is 12.5 Å². The molecular formula is C23H37Cl2NO. The van der Waals surface area contributed by atoms with Gasteiger partial charge in [-0.25, -0.2) is 0 Å². The van der Waals surface area contributed by atoms with Crippen LogP contribution in [-0.2, 0) is 5.41 Å². The lowest BCUT2D eigenvalue weighted by Gasteiger charge is -2.35. The number of piperidine rings is 1. The molecule has 2 unspecified atom stereocenters. The number of likely N-dealkylation sites (tertiary alicyclic amines) is 1. The third-order valence-electron chi connectivity index (χ3n) is 5.35. The molecule has 1 aliphatic rings. The van der Waals surface area contributed by atoms with Gasteiger partial charge in [0.1, 0.15) is 6.61 Å². The molecule has 0 saturated carbocycles. The third kappa shape index (κ3) is 6.84. The van der Waals surface area contributed by atoms with E-state index >= 15 is 0 Å². The van der Waals surface area contributed by atoms with Crippen LogP contribution in [0.4, 0.5) is 0 Å². The molecule has 154 valence electrons. The van der Waals surface area contributed by atoms with Crippen molar-refractivity contribution in [1.82, 2.24) is 4.90 Å². The molecule has 0 spiro atoms. The molecular weight excluding hydrogens is 377 g/mol. The van der Waals surface area contributed by atoms with E-state index in [4.69, 9.17) is 27.9 Å². The van der Waals surface area contributed by atoms with Gasteiger partial charge >= 0.3 is 0 Å². The maximum atomic E-state index is 6.56. The van der Waals surface area contributed by atoms with Crippen LogP contribution in [0.2, 0.25) is 10.0 Å². The van der Waals surface area contributed by atoms with Crippen LogP contribution in [0.25, 0.3) is 0 Å². The summed E-state index contributed by atoms with van der Waals surface area (Å²) in [5.74, 6) is 2.13. The molecule has 1 fully saturated rings. The van der Waals surface area contributed by atoms with E-state index in [1.165, 1.54) is 12.0 Å². The smallest absolute Gasteiger partial charge is 0.156 e.